The molecule has 1 heterocycles. The van der Waals surface area contributed by atoms with Crippen LogP contribution in [0.25, 0.3) is 0 Å². The van der Waals surface area contributed by atoms with Crippen molar-refractivity contribution in [1.82, 2.24) is 4.90 Å². The molecule has 4 atom stereocenters. The summed E-state index contributed by atoms with van der Waals surface area (Å²) in [6.07, 6.45) is 3.92. The third-order valence-electron chi connectivity index (χ3n) is 5.49. The molecule has 1 aliphatic carbocycles. The molecule has 110 valence electrons. The van der Waals surface area contributed by atoms with Gasteiger partial charge in [0, 0.05) is 18.0 Å². The summed E-state index contributed by atoms with van der Waals surface area (Å²) in [5.41, 5.74) is 0.112. The average molecular weight is 265 g/mol. The van der Waals surface area contributed by atoms with Crippen LogP contribution in [0, 0.1) is 23.7 Å². The molecule has 1 saturated heterocycles. The second kappa shape index (κ2) is 5.20. The average Bonchev–Trinajstić information content (AvgIpc) is 2.84. The summed E-state index contributed by atoms with van der Waals surface area (Å²) in [7, 11) is 0. The van der Waals surface area contributed by atoms with Gasteiger partial charge in [-0.2, -0.15) is 0 Å². The van der Waals surface area contributed by atoms with Crippen LogP contribution in [0.15, 0.2) is 0 Å². The first-order valence-electron chi connectivity index (χ1n) is 8.04. The van der Waals surface area contributed by atoms with Crippen molar-refractivity contribution in [1.29, 1.82) is 0 Å². The molecule has 2 heteroatoms. The van der Waals surface area contributed by atoms with Gasteiger partial charge in [-0.1, -0.05) is 27.2 Å². The van der Waals surface area contributed by atoms with E-state index in [1.54, 1.807) is 0 Å². The third kappa shape index (κ3) is 2.74. The molecule has 1 aliphatic heterocycles. The highest BCUT2D eigenvalue weighted by Crippen LogP contribution is 2.45. The molecule has 0 amide bonds. The molecule has 0 radical (unpaired) electrons. The maximum Gasteiger partial charge on any atom is 0.153 e. The maximum absolute atomic E-state index is 12.9. The maximum atomic E-state index is 12.9. The fourth-order valence-electron chi connectivity index (χ4n) is 3.96. The number of nitrogens with zero attached hydrogens (tertiary/aromatic N) is 1. The van der Waals surface area contributed by atoms with E-state index in [1.807, 2.05) is 0 Å². The molecule has 0 aromatic heterocycles. The number of hydrogen-bond donors (Lipinski definition) is 0. The minimum atomic E-state index is 0.112. The van der Waals surface area contributed by atoms with Crippen molar-refractivity contribution < 1.29 is 4.79 Å². The molecule has 0 N–H and O–H groups in total. The summed E-state index contributed by atoms with van der Waals surface area (Å²) >= 11 is 0. The molecular formula is C17H31NO. The van der Waals surface area contributed by atoms with Crippen molar-refractivity contribution in [2.24, 2.45) is 23.7 Å². The van der Waals surface area contributed by atoms with Crippen LogP contribution in [0.2, 0.25) is 0 Å². The van der Waals surface area contributed by atoms with Gasteiger partial charge in [0.25, 0.3) is 0 Å². The summed E-state index contributed by atoms with van der Waals surface area (Å²) in [5.74, 6) is 2.55. The monoisotopic (exact) mass is 265 g/mol. The van der Waals surface area contributed by atoms with Crippen LogP contribution in [0.5, 0.6) is 0 Å². The fourth-order valence-corrected chi connectivity index (χ4v) is 3.96. The van der Waals surface area contributed by atoms with E-state index in [-0.39, 0.29) is 17.5 Å². The topological polar surface area (TPSA) is 20.3 Å². The Bertz CT molecular complexity index is 342. The highest BCUT2D eigenvalue weighted by atomic mass is 16.1. The first-order valence-corrected chi connectivity index (χ1v) is 8.04. The van der Waals surface area contributed by atoms with Gasteiger partial charge in [0.05, 0.1) is 6.04 Å². The Labute approximate surface area is 118 Å². The molecule has 1 unspecified atom stereocenters. The Morgan fingerprint density at radius 3 is 2.32 bits per heavy atom. The molecule has 2 fully saturated rings. The van der Waals surface area contributed by atoms with Crippen LogP contribution < -0.4 is 0 Å². The molecular weight excluding hydrogens is 234 g/mol. The lowest BCUT2D eigenvalue weighted by Crippen LogP contribution is -2.51. The molecule has 1 saturated carbocycles. The van der Waals surface area contributed by atoms with E-state index in [2.05, 4.69) is 46.4 Å². The predicted octanol–water partition coefficient (Wildman–Crippen LogP) is 3.75. The van der Waals surface area contributed by atoms with Crippen LogP contribution >= 0.6 is 0 Å². The lowest BCUT2D eigenvalue weighted by Gasteiger charge is -2.39. The van der Waals surface area contributed by atoms with E-state index in [9.17, 15) is 4.79 Å². The number of fused-ring (bicyclic) bond motifs is 1. The van der Waals surface area contributed by atoms with Crippen LogP contribution in [-0.2, 0) is 4.79 Å². The van der Waals surface area contributed by atoms with E-state index in [0.717, 1.165) is 12.5 Å². The van der Waals surface area contributed by atoms with Crippen molar-refractivity contribution in [2.75, 3.05) is 6.54 Å². The van der Waals surface area contributed by atoms with Gasteiger partial charge in [0.1, 0.15) is 0 Å². The lowest BCUT2D eigenvalue weighted by atomic mass is 9.82. The normalized spacial score (nSPS) is 33.7. The number of hydrogen-bond acceptors (Lipinski definition) is 2. The number of carbonyl (C=O) groups is 1. The predicted molar refractivity (Wildman–Crippen MR) is 80.1 cm³/mol. The van der Waals surface area contributed by atoms with E-state index in [0.29, 0.717) is 17.6 Å². The van der Waals surface area contributed by atoms with Gasteiger partial charge in [0.2, 0.25) is 0 Å². The number of rotatable bonds is 3. The van der Waals surface area contributed by atoms with Crippen LogP contribution in [0.4, 0.5) is 0 Å². The number of likely N-dealkylation sites (tertiary alicyclic amines) is 1. The zero-order chi connectivity index (χ0) is 14.4. The largest absolute Gasteiger partial charge is 0.298 e. The highest BCUT2D eigenvalue weighted by molar-refractivity contribution is 5.87. The van der Waals surface area contributed by atoms with Crippen molar-refractivity contribution in [2.45, 2.75) is 72.4 Å². The van der Waals surface area contributed by atoms with E-state index < -0.39 is 0 Å². The van der Waals surface area contributed by atoms with Gasteiger partial charge < -0.3 is 0 Å². The summed E-state index contributed by atoms with van der Waals surface area (Å²) in [5, 5.41) is 0. The van der Waals surface area contributed by atoms with Gasteiger partial charge in [-0.15, -0.1) is 0 Å². The van der Waals surface area contributed by atoms with Crippen LogP contribution in [0.3, 0.4) is 0 Å². The zero-order valence-electron chi connectivity index (χ0n) is 13.6. The zero-order valence-corrected chi connectivity index (χ0v) is 13.6. The molecule has 0 aromatic rings. The fraction of sp³-hybridized carbons (Fsp3) is 0.941. The Morgan fingerprint density at radius 2 is 1.79 bits per heavy atom. The first-order chi connectivity index (χ1) is 8.73. The highest BCUT2D eigenvalue weighted by Gasteiger charge is 2.51. The van der Waals surface area contributed by atoms with Gasteiger partial charge in [0.15, 0.2) is 5.78 Å². The number of Topliss-reactive ketones (excluding diaryl/α,β-unsaturated/α-hetero) is 1. The quantitative estimate of drug-likeness (QED) is 0.774. The van der Waals surface area contributed by atoms with Crippen molar-refractivity contribution in [3.63, 3.8) is 0 Å². The van der Waals surface area contributed by atoms with E-state index >= 15 is 0 Å². The molecule has 0 aromatic carbocycles. The van der Waals surface area contributed by atoms with Crippen molar-refractivity contribution in [3.8, 4) is 0 Å². The summed E-state index contributed by atoms with van der Waals surface area (Å²) in [6, 6.07) is 0.185. The summed E-state index contributed by atoms with van der Waals surface area (Å²) in [4.78, 5) is 15.4. The smallest absolute Gasteiger partial charge is 0.153 e. The Morgan fingerprint density at radius 1 is 1.16 bits per heavy atom. The molecule has 0 bridgehead atoms. The Kier molecular flexibility index (Phi) is 4.11. The van der Waals surface area contributed by atoms with Crippen molar-refractivity contribution in [3.05, 3.63) is 0 Å². The third-order valence-corrected chi connectivity index (χ3v) is 5.49. The molecule has 2 rings (SSSR count). The van der Waals surface area contributed by atoms with Crippen LogP contribution in [0.1, 0.15) is 60.8 Å². The van der Waals surface area contributed by atoms with Gasteiger partial charge in [-0.3, -0.25) is 9.69 Å². The van der Waals surface area contributed by atoms with E-state index in [1.165, 1.54) is 19.3 Å². The second-order valence-electron chi connectivity index (χ2n) is 8.06. The van der Waals surface area contributed by atoms with Gasteiger partial charge in [-0.25, -0.2) is 0 Å². The molecule has 19 heavy (non-hydrogen) atoms. The van der Waals surface area contributed by atoms with Crippen molar-refractivity contribution >= 4 is 5.78 Å². The Balaban J connectivity index is 2.24. The molecule has 2 aliphatic rings. The summed E-state index contributed by atoms with van der Waals surface area (Å²) < 4.78 is 0. The SMILES string of the molecule is CC(C)C(C)C(=O)[C@@H]1[C@H]2CCC[C@H]2CN1C(C)(C)C. The Hall–Kier alpha value is -0.370. The lowest BCUT2D eigenvalue weighted by molar-refractivity contribution is -0.131. The minimum Gasteiger partial charge on any atom is -0.298 e. The summed E-state index contributed by atoms with van der Waals surface area (Å²) in [6.45, 7) is 14.4. The minimum absolute atomic E-state index is 0.112. The van der Waals surface area contributed by atoms with E-state index in [4.69, 9.17) is 0 Å². The standard InChI is InChI=1S/C17H31NO/c1-11(2)12(3)16(19)15-14-9-7-8-13(14)10-18(15)17(4,5)6/h11-15H,7-10H2,1-6H3/t12?,13-,14-,15-/m0/s1. The van der Waals surface area contributed by atoms with Gasteiger partial charge in [-0.05, 0) is 51.4 Å². The van der Waals surface area contributed by atoms with Gasteiger partial charge >= 0.3 is 0 Å². The number of carbonyl (C=O) groups excluding carboxylic acids is 1. The first kappa shape index (κ1) is 15.0. The molecule has 2 nitrogen and oxygen atoms in total. The second-order valence-corrected chi connectivity index (χ2v) is 8.06. The number of ketones is 1. The van der Waals surface area contributed by atoms with Crippen LogP contribution in [-0.4, -0.2) is 28.8 Å². The molecule has 0 spiro atoms.